The van der Waals surface area contributed by atoms with Crippen molar-refractivity contribution in [1.29, 1.82) is 0 Å². The first-order valence-electron chi connectivity index (χ1n) is 7.10. The number of nitrogens with zero attached hydrogens (tertiary/aromatic N) is 1. The molecule has 6 heteroatoms. The van der Waals surface area contributed by atoms with E-state index in [-0.39, 0.29) is 19.1 Å². The van der Waals surface area contributed by atoms with E-state index >= 15 is 0 Å². The summed E-state index contributed by atoms with van der Waals surface area (Å²) in [4.78, 5) is 25.1. The first-order chi connectivity index (χ1) is 9.17. The van der Waals surface area contributed by atoms with E-state index in [1.165, 1.54) is 6.42 Å². The molecule has 110 valence electrons. The van der Waals surface area contributed by atoms with E-state index < -0.39 is 6.03 Å². The van der Waals surface area contributed by atoms with Gasteiger partial charge in [0.2, 0.25) is 5.91 Å². The minimum absolute atomic E-state index is 0.0342. The fourth-order valence-electron chi connectivity index (χ4n) is 2.04. The summed E-state index contributed by atoms with van der Waals surface area (Å²) >= 11 is 0. The van der Waals surface area contributed by atoms with Crippen molar-refractivity contribution in [2.75, 3.05) is 26.2 Å². The molecule has 1 saturated carbocycles. The number of carbonyl (C=O) groups excluding carboxylic acids is 2. The molecule has 1 aliphatic carbocycles. The third-order valence-electron chi connectivity index (χ3n) is 3.39. The Bertz CT molecular complexity index is 293. The second-order valence-electron chi connectivity index (χ2n) is 4.94. The van der Waals surface area contributed by atoms with Gasteiger partial charge in [0.1, 0.15) is 0 Å². The van der Waals surface area contributed by atoms with Crippen molar-refractivity contribution in [3.63, 3.8) is 0 Å². The van der Waals surface area contributed by atoms with Crippen LogP contribution in [-0.4, -0.2) is 54.2 Å². The van der Waals surface area contributed by atoms with Crippen LogP contribution in [0.5, 0.6) is 0 Å². The zero-order valence-electron chi connectivity index (χ0n) is 11.7. The first-order valence-corrected chi connectivity index (χ1v) is 7.10. The van der Waals surface area contributed by atoms with E-state index in [2.05, 4.69) is 10.6 Å². The van der Waals surface area contributed by atoms with Crippen LogP contribution in [0.1, 0.15) is 39.0 Å². The van der Waals surface area contributed by atoms with E-state index in [0.717, 1.165) is 25.7 Å². The van der Waals surface area contributed by atoms with Crippen LogP contribution >= 0.6 is 0 Å². The first kappa shape index (κ1) is 15.9. The fourth-order valence-corrected chi connectivity index (χ4v) is 2.04. The van der Waals surface area contributed by atoms with Gasteiger partial charge >= 0.3 is 6.03 Å². The van der Waals surface area contributed by atoms with Crippen LogP contribution in [0.3, 0.4) is 0 Å². The molecule has 0 unspecified atom stereocenters. The lowest BCUT2D eigenvalue weighted by molar-refractivity contribution is -0.122. The van der Waals surface area contributed by atoms with Gasteiger partial charge in [-0.1, -0.05) is 19.8 Å². The molecule has 0 radical (unpaired) electrons. The largest absolute Gasteiger partial charge is 0.395 e. The average molecular weight is 271 g/mol. The molecular weight excluding hydrogens is 246 g/mol. The van der Waals surface area contributed by atoms with Crippen molar-refractivity contribution < 1.29 is 14.7 Å². The molecule has 0 aromatic carbocycles. The molecule has 0 aromatic heterocycles. The van der Waals surface area contributed by atoms with Crippen LogP contribution in [0.2, 0.25) is 0 Å². The molecule has 0 spiro atoms. The second kappa shape index (κ2) is 8.87. The number of rotatable bonds is 8. The molecule has 0 heterocycles. The van der Waals surface area contributed by atoms with Gasteiger partial charge in [-0.3, -0.25) is 15.0 Å². The summed E-state index contributed by atoms with van der Waals surface area (Å²) in [5.74, 6) is -0.311. The number of amides is 3. The van der Waals surface area contributed by atoms with Gasteiger partial charge in [0.05, 0.1) is 13.2 Å². The van der Waals surface area contributed by atoms with E-state index in [0.29, 0.717) is 19.1 Å². The molecule has 1 aliphatic rings. The highest BCUT2D eigenvalue weighted by Crippen LogP contribution is 2.24. The number of urea groups is 1. The molecule has 0 aliphatic heterocycles. The van der Waals surface area contributed by atoms with Gasteiger partial charge in [-0.15, -0.1) is 0 Å². The van der Waals surface area contributed by atoms with E-state index in [1.54, 1.807) is 0 Å². The Morgan fingerprint density at radius 3 is 2.63 bits per heavy atom. The van der Waals surface area contributed by atoms with Crippen LogP contribution in [0.4, 0.5) is 4.79 Å². The maximum Gasteiger partial charge on any atom is 0.321 e. The molecule has 6 nitrogen and oxygen atoms in total. The predicted octanol–water partition coefficient (Wildman–Crippen LogP) is 0.459. The molecule has 0 atom stereocenters. The van der Waals surface area contributed by atoms with Gasteiger partial charge < -0.3 is 10.4 Å². The normalized spacial score (nSPS) is 15.1. The standard InChI is InChI=1S/C13H25N3O3/c1-2-3-7-14-13(19)15-12(18)10-16(8-9-17)11-5-4-6-11/h11,17H,2-10H2,1H3,(H2,14,15,18,19). The van der Waals surface area contributed by atoms with E-state index in [4.69, 9.17) is 5.11 Å². The van der Waals surface area contributed by atoms with Crippen molar-refractivity contribution in [3.05, 3.63) is 0 Å². The molecule has 0 aromatic rings. The summed E-state index contributed by atoms with van der Waals surface area (Å²) in [7, 11) is 0. The molecule has 19 heavy (non-hydrogen) atoms. The number of hydrogen-bond donors (Lipinski definition) is 3. The second-order valence-corrected chi connectivity index (χ2v) is 4.94. The summed E-state index contributed by atoms with van der Waals surface area (Å²) in [5, 5.41) is 13.9. The maximum atomic E-state index is 11.7. The number of carbonyl (C=O) groups is 2. The van der Waals surface area contributed by atoms with Gasteiger partial charge in [0.25, 0.3) is 0 Å². The summed E-state index contributed by atoms with van der Waals surface area (Å²) in [6.45, 7) is 3.31. The molecule has 0 bridgehead atoms. The Kier molecular flexibility index (Phi) is 7.43. The van der Waals surface area contributed by atoms with Crippen molar-refractivity contribution in [2.45, 2.75) is 45.1 Å². The number of aliphatic hydroxyl groups is 1. The van der Waals surface area contributed by atoms with Gasteiger partial charge in [-0.05, 0) is 19.3 Å². The Morgan fingerprint density at radius 2 is 2.11 bits per heavy atom. The Morgan fingerprint density at radius 1 is 1.37 bits per heavy atom. The van der Waals surface area contributed by atoms with Crippen LogP contribution in [-0.2, 0) is 4.79 Å². The zero-order chi connectivity index (χ0) is 14.1. The van der Waals surface area contributed by atoms with E-state index in [1.807, 2.05) is 11.8 Å². The van der Waals surface area contributed by atoms with Gasteiger partial charge in [0.15, 0.2) is 0 Å². The molecular formula is C13H25N3O3. The zero-order valence-corrected chi connectivity index (χ0v) is 11.7. The van der Waals surface area contributed by atoms with Crippen molar-refractivity contribution in [1.82, 2.24) is 15.5 Å². The highest BCUT2D eigenvalue weighted by molar-refractivity contribution is 5.95. The quantitative estimate of drug-likeness (QED) is 0.560. The number of imide groups is 1. The van der Waals surface area contributed by atoms with Crippen molar-refractivity contribution >= 4 is 11.9 Å². The third-order valence-corrected chi connectivity index (χ3v) is 3.39. The highest BCUT2D eigenvalue weighted by Gasteiger charge is 2.26. The number of aliphatic hydroxyl groups excluding tert-OH is 1. The summed E-state index contributed by atoms with van der Waals surface area (Å²) in [6.07, 6.45) is 5.21. The average Bonchev–Trinajstić information content (AvgIpc) is 2.27. The molecule has 3 amide bonds. The van der Waals surface area contributed by atoms with Crippen LogP contribution < -0.4 is 10.6 Å². The number of nitrogens with one attached hydrogen (secondary N) is 2. The summed E-state index contributed by atoms with van der Waals surface area (Å²) in [6, 6.07) is -0.0583. The Balaban J connectivity index is 2.25. The van der Waals surface area contributed by atoms with Crippen LogP contribution in [0.25, 0.3) is 0 Å². The summed E-state index contributed by atoms with van der Waals surface area (Å²) in [5.41, 5.74) is 0. The fraction of sp³-hybridized carbons (Fsp3) is 0.846. The minimum Gasteiger partial charge on any atom is -0.395 e. The minimum atomic E-state index is -0.434. The van der Waals surface area contributed by atoms with Crippen LogP contribution in [0, 0.1) is 0 Å². The lowest BCUT2D eigenvalue weighted by atomic mass is 9.91. The topological polar surface area (TPSA) is 81.7 Å². The monoisotopic (exact) mass is 271 g/mol. The predicted molar refractivity (Wildman–Crippen MR) is 72.7 cm³/mol. The molecule has 1 fully saturated rings. The Hall–Kier alpha value is -1.14. The summed E-state index contributed by atoms with van der Waals surface area (Å²) < 4.78 is 0. The Labute approximate surface area is 114 Å². The third kappa shape index (κ3) is 6.02. The maximum absolute atomic E-state index is 11.7. The number of unbranched alkanes of at least 4 members (excludes halogenated alkanes) is 1. The SMILES string of the molecule is CCCCNC(=O)NC(=O)CN(CCO)C1CCC1. The van der Waals surface area contributed by atoms with Gasteiger partial charge in [-0.25, -0.2) is 4.79 Å². The molecule has 3 N–H and O–H groups in total. The van der Waals surface area contributed by atoms with Gasteiger partial charge in [-0.2, -0.15) is 0 Å². The molecule has 0 saturated heterocycles. The van der Waals surface area contributed by atoms with Gasteiger partial charge in [0, 0.05) is 19.1 Å². The molecule has 1 rings (SSSR count). The lowest BCUT2D eigenvalue weighted by Gasteiger charge is -2.36. The van der Waals surface area contributed by atoms with Crippen molar-refractivity contribution in [2.24, 2.45) is 0 Å². The highest BCUT2D eigenvalue weighted by atomic mass is 16.3. The van der Waals surface area contributed by atoms with E-state index in [9.17, 15) is 9.59 Å². The number of hydrogen-bond acceptors (Lipinski definition) is 4. The lowest BCUT2D eigenvalue weighted by Crippen LogP contribution is -2.49. The smallest absolute Gasteiger partial charge is 0.321 e. The van der Waals surface area contributed by atoms with Crippen LogP contribution in [0.15, 0.2) is 0 Å². The van der Waals surface area contributed by atoms with Crippen molar-refractivity contribution in [3.8, 4) is 0 Å².